The monoisotopic (exact) mass is 287 g/mol. The number of nitrogens with zero attached hydrogens (tertiary/aromatic N) is 1. The van der Waals surface area contributed by atoms with Crippen molar-refractivity contribution in [1.29, 1.82) is 0 Å². The van der Waals surface area contributed by atoms with Gasteiger partial charge in [-0.2, -0.15) is 0 Å². The third-order valence-electron chi connectivity index (χ3n) is 2.61. The largest absolute Gasteiger partial charge is 0.343 e. The minimum absolute atomic E-state index is 0.0318. The molecule has 0 aliphatic carbocycles. The van der Waals surface area contributed by atoms with E-state index in [9.17, 15) is 18.4 Å². The lowest BCUT2D eigenvalue weighted by Gasteiger charge is -2.18. The van der Waals surface area contributed by atoms with E-state index in [0.717, 1.165) is 23.9 Å². The van der Waals surface area contributed by atoms with Crippen LogP contribution in [0.1, 0.15) is 24.2 Å². The standard InChI is InChI=1S/C13H15F2NO2S/c1-3-16(4-2)12(18)8-19-13-10(14)5-9(7-17)6-11(13)15/h5-7H,3-4,8H2,1-2H3. The van der Waals surface area contributed by atoms with Gasteiger partial charge in [0.25, 0.3) is 0 Å². The molecule has 1 rings (SSSR count). The summed E-state index contributed by atoms with van der Waals surface area (Å²) < 4.78 is 27.1. The fourth-order valence-electron chi connectivity index (χ4n) is 1.59. The van der Waals surface area contributed by atoms with Gasteiger partial charge in [0, 0.05) is 18.7 Å². The van der Waals surface area contributed by atoms with Crippen LogP contribution >= 0.6 is 11.8 Å². The normalized spacial score (nSPS) is 10.3. The lowest BCUT2D eigenvalue weighted by molar-refractivity contribution is -0.127. The van der Waals surface area contributed by atoms with Gasteiger partial charge in [0.2, 0.25) is 5.91 Å². The number of hydrogen-bond donors (Lipinski definition) is 0. The summed E-state index contributed by atoms with van der Waals surface area (Å²) >= 11 is 0.803. The van der Waals surface area contributed by atoms with Gasteiger partial charge in [-0.15, -0.1) is 11.8 Å². The minimum Gasteiger partial charge on any atom is -0.343 e. The summed E-state index contributed by atoms with van der Waals surface area (Å²) in [6.45, 7) is 4.80. The first-order valence-corrected chi connectivity index (χ1v) is 6.86. The van der Waals surface area contributed by atoms with Crippen molar-refractivity contribution in [1.82, 2.24) is 4.90 Å². The molecule has 0 aliphatic heterocycles. The van der Waals surface area contributed by atoms with Crippen LogP contribution in [0.5, 0.6) is 0 Å². The Morgan fingerprint density at radius 2 is 1.79 bits per heavy atom. The van der Waals surface area contributed by atoms with Crippen molar-refractivity contribution in [2.75, 3.05) is 18.8 Å². The zero-order valence-corrected chi connectivity index (χ0v) is 11.6. The number of halogens is 2. The summed E-state index contributed by atoms with van der Waals surface area (Å²) in [5.41, 5.74) is -0.0607. The lowest BCUT2D eigenvalue weighted by atomic mass is 10.2. The van der Waals surface area contributed by atoms with E-state index in [1.54, 1.807) is 4.90 Å². The second kappa shape index (κ2) is 7.23. The van der Waals surface area contributed by atoms with Crippen molar-refractivity contribution in [2.24, 2.45) is 0 Å². The van der Waals surface area contributed by atoms with Gasteiger partial charge in [0.1, 0.15) is 17.9 Å². The van der Waals surface area contributed by atoms with Crippen LogP contribution < -0.4 is 0 Å². The first-order chi connectivity index (χ1) is 9.03. The summed E-state index contributed by atoms with van der Waals surface area (Å²) in [5.74, 6) is -1.84. The number of aldehydes is 1. The van der Waals surface area contributed by atoms with Gasteiger partial charge in [-0.05, 0) is 26.0 Å². The highest BCUT2D eigenvalue weighted by Gasteiger charge is 2.15. The maximum absolute atomic E-state index is 13.6. The summed E-state index contributed by atoms with van der Waals surface area (Å²) in [5, 5.41) is 0. The van der Waals surface area contributed by atoms with Crippen molar-refractivity contribution >= 4 is 24.0 Å². The summed E-state index contributed by atoms with van der Waals surface area (Å²) in [6.07, 6.45) is 0.377. The summed E-state index contributed by atoms with van der Waals surface area (Å²) in [6, 6.07) is 1.92. The SMILES string of the molecule is CCN(CC)C(=O)CSc1c(F)cc(C=O)cc1F. The molecule has 104 valence electrons. The number of amides is 1. The average molecular weight is 287 g/mol. The van der Waals surface area contributed by atoms with Gasteiger partial charge < -0.3 is 4.90 Å². The van der Waals surface area contributed by atoms with E-state index in [-0.39, 0.29) is 22.1 Å². The van der Waals surface area contributed by atoms with E-state index >= 15 is 0 Å². The number of benzene rings is 1. The second-order valence-corrected chi connectivity index (χ2v) is 4.77. The molecule has 0 radical (unpaired) electrons. The molecular formula is C13H15F2NO2S. The Labute approximate surface area is 115 Å². The maximum Gasteiger partial charge on any atom is 0.232 e. The topological polar surface area (TPSA) is 37.4 Å². The number of thioether (sulfide) groups is 1. The van der Waals surface area contributed by atoms with E-state index in [4.69, 9.17) is 0 Å². The Bertz CT molecular complexity index is 453. The molecule has 19 heavy (non-hydrogen) atoms. The molecule has 1 aromatic rings. The molecule has 1 amide bonds. The van der Waals surface area contributed by atoms with Crippen LogP contribution in [0.25, 0.3) is 0 Å². The summed E-state index contributed by atoms with van der Waals surface area (Å²) in [7, 11) is 0. The highest BCUT2D eigenvalue weighted by atomic mass is 32.2. The molecule has 0 fully saturated rings. The Morgan fingerprint density at radius 1 is 1.26 bits per heavy atom. The molecule has 0 bridgehead atoms. The Kier molecular flexibility index (Phi) is 5.95. The number of carbonyl (C=O) groups is 2. The molecule has 0 heterocycles. The number of carbonyl (C=O) groups excluding carboxylic acids is 2. The van der Waals surface area contributed by atoms with Gasteiger partial charge in [-0.3, -0.25) is 9.59 Å². The molecular weight excluding hydrogens is 272 g/mol. The van der Waals surface area contributed by atoms with Gasteiger partial charge >= 0.3 is 0 Å². The molecule has 0 spiro atoms. The van der Waals surface area contributed by atoms with Crippen molar-refractivity contribution in [3.05, 3.63) is 29.3 Å². The van der Waals surface area contributed by atoms with E-state index < -0.39 is 11.6 Å². The van der Waals surface area contributed by atoms with Crippen LogP contribution in [0.15, 0.2) is 17.0 Å². The van der Waals surface area contributed by atoms with Gasteiger partial charge in [-0.25, -0.2) is 8.78 Å². The highest BCUT2D eigenvalue weighted by molar-refractivity contribution is 8.00. The molecule has 6 heteroatoms. The third-order valence-corrected chi connectivity index (χ3v) is 3.68. The molecule has 0 aliphatic rings. The quantitative estimate of drug-likeness (QED) is 0.596. The predicted molar refractivity (Wildman–Crippen MR) is 70.4 cm³/mol. The van der Waals surface area contributed by atoms with Crippen LogP contribution in [0.4, 0.5) is 8.78 Å². The molecule has 0 saturated heterocycles. The Hall–Kier alpha value is -1.43. The van der Waals surface area contributed by atoms with Crippen LogP contribution in [0, 0.1) is 11.6 Å². The van der Waals surface area contributed by atoms with Crippen molar-refractivity contribution < 1.29 is 18.4 Å². The predicted octanol–water partition coefficient (Wildman–Crippen LogP) is 2.74. The average Bonchev–Trinajstić information content (AvgIpc) is 2.38. The fourth-order valence-corrected chi connectivity index (χ4v) is 2.43. The first-order valence-electron chi connectivity index (χ1n) is 5.88. The zero-order chi connectivity index (χ0) is 14.4. The lowest BCUT2D eigenvalue weighted by Crippen LogP contribution is -2.31. The van der Waals surface area contributed by atoms with E-state index in [2.05, 4.69) is 0 Å². The van der Waals surface area contributed by atoms with Crippen LogP contribution in [0.3, 0.4) is 0 Å². The van der Waals surface area contributed by atoms with Crippen molar-refractivity contribution in [3.8, 4) is 0 Å². The fraction of sp³-hybridized carbons (Fsp3) is 0.385. The van der Waals surface area contributed by atoms with Crippen LogP contribution in [-0.4, -0.2) is 35.9 Å². The molecule has 0 atom stereocenters. The van der Waals surface area contributed by atoms with Crippen molar-refractivity contribution in [2.45, 2.75) is 18.7 Å². The molecule has 1 aromatic carbocycles. The van der Waals surface area contributed by atoms with Crippen molar-refractivity contribution in [3.63, 3.8) is 0 Å². The number of hydrogen-bond acceptors (Lipinski definition) is 3. The minimum atomic E-state index is -0.820. The highest BCUT2D eigenvalue weighted by Crippen LogP contribution is 2.26. The molecule has 0 unspecified atom stereocenters. The smallest absolute Gasteiger partial charge is 0.232 e. The zero-order valence-electron chi connectivity index (χ0n) is 10.8. The molecule has 3 nitrogen and oxygen atoms in total. The molecule has 0 saturated carbocycles. The number of rotatable bonds is 6. The second-order valence-electron chi connectivity index (χ2n) is 3.79. The van der Waals surface area contributed by atoms with E-state index in [1.807, 2.05) is 13.8 Å². The van der Waals surface area contributed by atoms with E-state index in [0.29, 0.717) is 19.4 Å². The van der Waals surface area contributed by atoms with Gasteiger partial charge in [-0.1, -0.05) is 0 Å². The molecule has 0 aromatic heterocycles. The van der Waals surface area contributed by atoms with Crippen LogP contribution in [-0.2, 0) is 4.79 Å². The van der Waals surface area contributed by atoms with Gasteiger partial charge in [0.05, 0.1) is 10.6 Å². The third kappa shape index (κ3) is 4.02. The molecule has 0 N–H and O–H groups in total. The summed E-state index contributed by atoms with van der Waals surface area (Å²) in [4.78, 5) is 23.5. The Morgan fingerprint density at radius 3 is 2.21 bits per heavy atom. The van der Waals surface area contributed by atoms with Gasteiger partial charge in [0.15, 0.2) is 0 Å². The maximum atomic E-state index is 13.6. The Balaban J connectivity index is 2.78. The van der Waals surface area contributed by atoms with Crippen LogP contribution in [0.2, 0.25) is 0 Å². The van der Waals surface area contributed by atoms with E-state index in [1.165, 1.54) is 0 Å². The first kappa shape index (κ1) is 15.6.